The zero-order valence-electron chi connectivity index (χ0n) is 9.90. The molecule has 1 aliphatic heterocycles. The smallest absolute Gasteiger partial charge is 0.348 e. The van der Waals surface area contributed by atoms with Gasteiger partial charge in [0.15, 0.2) is 0 Å². The van der Waals surface area contributed by atoms with E-state index < -0.39 is 5.97 Å². The third-order valence-corrected chi connectivity index (χ3v) is 3.59. The lowest BCUT2D eigenvalue weighted by Gasteiger charge is -2.39. The van der Waals surface area contributed by atoms with Gasteiger partial charge in [-0.2, -0.15) is 0 Å². The van der Waals surface area contributed by atoms with E-state index in [2.05, 4.69) is 5.32 Å². The van der Waals surface area contributed by atoms with Crippen LogP contribution in [0.1, 0.15) is 30.4 Å². The molecule has 1 aromatic heterocycles. The van der Waals surface area contributed by atoms with Crippen LogP contribution >= 0.6 is 11.3 Å². The van der Waals surface area contributed by atoms with Gasteiger partial charge in [-0.05, 0) is 13.8 Å². The Morgan fingerprint density at radius 2 is 2.18 bits per heavy atom. The van der Waals surface area contributed by atoms with Crippen LogP contribution in [0.4, 0.5) is 11.4 Å². The van der Waals surface area contributed by atoms with Gasteiger partial charge in [-0.3, -0.25) is 4.79 Å². The van der Waals surface area contributed by atoms with Crippen molar-refractivity contribution in [2.45, 2.75) is 26.3 Å². The van der Waals surface area contributed by atoms with Crippen molar-refractivity contribution >= 4 is 34.6 Å². The number of rotatable bonds is 1. The SMILES string of the molecule is CC(=O)N1CC(C)(C)Nc2csc(C(=O)O)c21. The lowest BCUT2D eigenvalue weighted by molar-refractivity contribution is -0.116. The third kappa shape index (κ3) is 2.00. The van der Waals surface area contributed by atoms with Gasteiger partial charge in [0.25, 0.3) is 0 Å². The molecule has 0 aromatic carbocycles. The molecule has 0 saturated heterocycles. The summed E-state index contributed by atoms with van der Waals surface area (Å²) in [7, 11) is 0. The van der Waals surface area contributed by atoms with Gasteiger partial charge in [-0.15, -0.1) is 11.3 Å². The number of nitrogens with one attached hydrogen (secondary N) is 1. The van der Waals surface area contributed by atoms with Crippen LogP contribution in [0.3, 0.4) is 0 Å². The van der Waals surface area contributed by atoms with E-state index in [0.29, 0.717) is 12.2 Å². The van der Waals surface area contributed by atoms with Gasteiger partial charge in [-0.1, -0.05) is 0 Å². The summed E-state index contributed by atoms with van der Waals surface area (Å²) in [6.07, 6.45) is 0. The number of anilines is 2. The summed E-state index contributed by atoms with van der Waals surface area (Å²) < 4.78 is 0. The number of fused-ring (bicyclic) bond motifs is 1. The number of carbonyl (C=O) groups is 2. The summed E-state index contributed by atoms with van der Waals surface area (Å²) in [5.41, 5.74) is 0.961. The molecule has 2 N–H and O–H groups in total. The molecule has 5 nitrogen and oxygen atoms in total. The minimum absolute atomic E-state index is 0.137. The topological polar surface area (TPSA) is 69.6 Å². The molecule has 1 aliphatic rings. The number of carboxylic acids is 1. The first-order valence-corrected chi connectivity index (χ1v) is 6.11. The van der Waals surface area contributed by atoms with Crippen molar-refractivity contribution in [1.82, 2.24) is 0 Å². The molecule has 1 amide bonds. The Morgan fingerprint density at radius 1 is 1.53 bits per heavy atom. The van der Waals surface area contributed by atoms with Crippen LogP contribution in [-0.4, -0.2) is 29.1 Å². The number of hydrogen-bond donors (Lipinski definition) is 2. The van der Waals surface area contributed by atoms with E-state index in [4.69, 9.17) is 5.11 Å². The van der Waals surface area contributed by atoms with Crippen LogP contribution in [0.25, 0.3) is 0 Å². The van der Waals surface area contributed by atoms with Crippen molar-refractivity contribution in [3.8, 4) is 0 Å². The maximum Gasteiger partial charge on any atom is 0.348 e. The summed E-state index contributed by atoms with van der Waals surface area (Å²) in [5, 5.41) is 14.1. The van der Waals surface area contributed by atoms with E-state index in [-0.39, 0.29) is 16.3 Å². The minimum atomic E-state index is -0.996. The molecule has 1 aromatic rings. The number of amides is 1. The first-order chi connectivity index (χ1) is 7.82. The van der Waals surface area contributed by atoms with Crippen LogP contribution < -0.4 is 10.2 Å². The largest absolute Gasteiger partial charge is 0.477 e. The molecule has 0 radical (unpaired) electrons. The number of aromatic carboxylic acids is 1. The Morgan fingerprint density at radius 3 is 2.71 bits per heavy atom. The Balaban J connectivity index is 2.56. The molecule has 0 unspecified atom stereocenters. The lowest BCUT2D eigenvalue weighted by atomic mass is 10.0. The molecular formula is C11H14N2O3S. The first-order valence-electron chi connectivity index (χ1n) is 5.23. The second-order valence-corrected chi connectivity index (χ2v) is 5.63. The number of thiophene rings is 1. The van der Waals surface area contributed by atoms with Gasteiger partial charge in [0, 0.05) is 24.4 Å². The normalized spacial score (nSPS) is 17.2. The number of carbonyl (C=O) groups excluding carboxylic acids is 1. The highest BCUT2D eigenvalue weighted by atomic mass is 32.1. The molecule has 92 valence electrons. The maximum atomic E-state index is 11.6. The van der Waals surface area contributed by atoms with Crippen LogP contribution in [-0.2, 0) is 4.79 Å². The maximum absolute atomic E-state index is 11.6. The fraction of sp³-hybridized carbons (Fsp3) is 0.455. The van der Waals surface area contributed by atoms with Crippen LogP contribution in [0, 0.1) is 0 Å². The summed E-state index contributed by atoms with van der Waals surface area (Å²) in [6.45, 7) is 5.87. The van der Waals surface area contributed by atoms with E-state index in [1.807, 2.05) is 13.8 Å². The number of carboxylic acid groups (broad SMARTS) is 1. The second kappa shape index (κ2) is 3.73. The fourth-order valence-electron chi connectivity index (χ4n) is 2.01. The summed E-state index contributed by atoms with van der Waals surface area (Å²) in [4.78, 5) is 24.5. The van der Waals surface area contributed by atoms with Gasteiger partial charge in [-0.25, -0.2) is 4.79 Å². The predicted octanol–water partition coefficient (Wildman–Crippen LogP) is 2.00. The highest BCUT2D eigenvalue weighted by molar-refractivity contribution is 7.13. The average Bonchev–Trinajstić information content (AvgIpc) is 2.57. The van der Waals surface area contributed by atoms with Crippen molar-refractivity contribution in [3.63, 3.8) is 0 Å². The van der Waals surface area contributed by atoms with E-state index in [9.17, 15) is 9.59 Å². The van der Waals surface area contributed by atoms with Gasteiger partial charge >= 0.3 is 5.97 Å². The third-order valence-electron chi connectivity index (χ3n) is 2.64. The fourth-order valence-corrected chi connectivity index (χ4v) is 2.85. The molecule has 17 heavy (non-hydrogen) atoms. The highest BCUT2D eigenvalue weighted by Crippen LogP contribution is 2.41. The van der Waals surface area contributed by atoms with Gasteiger partial charge in [0.1, 0.15) is 4.88 Å². The summed E-state index contributed by atoms with van der Waals surface area (Å²) >= 11 is 1.14. The standard InChI is InChI=1S/C11H14N2O3S/c1-6(14)13-5-11(2,3)12-7-4-17-9(8(7)13)10(15)16/h4,12H,5H2,1-3H3,(H,15,16). The van der Waals surface area contributed by atoms with Crippen molar-refractivity contribution in [2.24, 2.45) is 0 Å². The van der Waals surface area contributed by atoms with Crippen molar-refractivity contribution in [2.75, 3.05) is 16.8 Å². The first kappa shape index (κ1) is 11.9. The predicted molar refractivity (Wildman–Crippen MR) is 67.0 cm³/mol. The average molecular weight is 254 g/mol. The molecule has 0 atom stereocenters. The van der Waals surface area contributed by atoms with E-state index >= 15 is 0 Å². The van der Waals surface area contributed by atoms with Crippen molar-refractivity contribution in [1.29, 1.82) is 0 Å². The molecule has 6 heteroatoms. The van der Waals surface area contributed by atoms with Crippen molar-refractivity contribution in [3.05, 3.63) is 10.3 Å². The molecular weight excluding hydrogens is 240 g/mol. The molecule has 0 bridgehead atoms. The zero-order valence-corrected chi connectivity index (χ0v) is 10.7. The minimum Gasteiger partial charge on any atom is -0.477 e. The Bertz CT molecular complexity index is 493. The van der Waals surface area contributed by atoms with Crippen LogP contribution in [0.15, 0.2) is 5.38 Å². The highest BCUT2D eigenvalue weighted by Gasteiger charge is 2.35. The van der Waals surface area contributed by atoms with E-state index in [0.717, 1.165) is 17.0 Å². The lowest BCUT2D eigenvalue weighted by Crippen LogP contribution is -2.50. The second-order valence-electron chi connectivity index (χ2n) is 4.75. The molecule has 0 fully saturated rings. The van der Waals surface area contributed by atoms with E-state index in [1.54, 1.807) is 5.38 Å². The van der Waals surface area contributed by atoms with Gasteiger partial charge in [0.05, 0.1) is 11.4 Å². The zero-order chi connectivity index (χ0) is 12.8. The molecule has 0 aliphatic carbocycles. The number of hydrogen-bond acceptors (Lipinski definition) is 4. The van der Waals surface area contributed by atoms with Crippen molar-refractivity contribution < 1.29 is 14.7 Å². The summed E-state index contributed by atoms with van der Waals surface area (Å²) in [6, 6.07) is 0. The Hall–Kier alpha value is -1.56. The molecule has 0 spiro atoms. The van der Waals surface area contributed by atoms with Crippen LogP contribution in [0.5, 0.6) is 0 Å². The number of nitrogens with zero attached hydrogens (tertiary/aromatic N) is 1. The molecule has 2 rings (SSSR count). The Labute approximate surface area is 103 Å². The summed E-state index contributed by atoms with van der Waals surface area (Å²) in [5.74, 6) is -1.13. The van der Waals surface area contributed by atoms with E-state index in [1.165, 1.54) is 11.8 Å². The van der Waals surface area contributed by atoms with Crippen LogP contribution in [0.2, 0.25) is 0 Å². The molecule has 2 heterocycles. The quantitative estimate of drug-likeness (QED) is 0.804. The van der Waals surface area contributed by atoms with Gasteiger partial charge < -0.3 is 15.3 Å². The Kier molecular flexibility index (Phi) is 2.61. The van der Waals surface area contributed by atoms with Gasteiger partial charge in [0.2, 0.25) is 5.91 Å². The molecule has 0 saturated carbocycles. The monoisotopic (exact) mass is 254 g/mol.